The maximum absolute atomic E-state index is 12.0. The Morgan fingerprint density at radius 2 is 1.89 bits per heavy atom. The van der Waals surface area contributed by atoms with Gasteiger partial charge in [-0.05, 0) is 33.6 Å². The van der Waals surface area contributed by atoms with Gasteiger partial charge >= 0.3 is 5.97 Å². The Balaban J connectivity index is 2.50. The molecule has 2 atom stereocenters. The zero-order valence-corrected chi connectivity index (χ0v) is 12.6. The first kappa shape index (κ1) is 16.3. The zero-order chi connectivity index (χ0) is 14.6. The Bertz CT molecular complexity index is 341. The van der Waals surface area contributed by atoms with Crippen molar-refractivity contribution in [1.29, 1.82) is 0 Å². The highest BCUT2D eigenvalue weighted by Gasteiger charge is 2.36. The molecule has 5 nitrogen and oxygen atoms in total. The van der Waals surface area contributed by atoms with Crippen LogP contribution in [0.5, 0.6) is 0 Å². The second-order valence-electron chi connectivity index (χ2n) is 5.67. The van der Waals surface area contributed by atoms with E-state index in [0.29, 0.717) is 0 Å². The van der Waals surface area contributed by atoms with Crippen LogP contribution in [-0.4, -0.2) is 39.1 Å². The van der Waals surface area contributed by atoms with E-state index in [-0.39, 0.29) is 17.2 Å². The molecule has 0 saturated heterocycles. The number of carboxylic acid groups (broad SMARTS) is 1. The summed E-state index contributed by atoms with van der Waals surface area (Å²) in [5.41, 5.74) is 5.65. The highest BCUT2D eigenvalue weighted by atomic mass is 32.2. The summed E-state index contributed by atoms with van der Waals surface area (Å²) in [7, 11) is 0. The molecule has 1 rings (SSSR count). The van der Waals surface area contributed by atoms with Gasteiger partial charge in [0.2, 0.25) is 5.91 Å². The lowest BCUT2D eigenvalue weighted by atomic mass is 10.1. The average molecular weight is 288 g/mol. The molecule has 1 saturated carbocycles. The number of nitrogens with one attached hydrogen (secondary N) is 1. The van der Waals surface area contributed by atoms with Crippen LogP contribution < -0.4 is 11.1 Å². The van der Waals surface area contributed by atoms with E-state index in [9.17, 15) is 9.59 Å². The number of hydrogen-bond acceptors (Lipinski definition) is 4. The van der Waals surface area contributed by atoms with Crippen molar-refractivity contribution in [1.82, 2.24) is 5.32 Å². The Labute approximate surface area is 118 Å². The van der Waals surface area contributed by atoms with E-state index in [4.69, 9.17) is 10.8 Å². The number of rotatable bonds is 6. The first-order valence-electron chi connectivity index (χ1n) is 6.70. The summed E-state index contributed by atoms with van der Waals surface area (Å²) in [6.07, 6.45) is 4.42. The normalized spacial score (nSPS) is 20.0. The van der Waals surface area contributed by atoms with Crippen LogP contribution in [0.4, 0.5) is 0 Å². The SMILES string of the molecule is CC(SC(C)(C)[C@@H](N)C(=O)O)C(=O)NC1CCCC1. The Morgan fingerprint density at radius 1 is 1.37 bits per heavy atom. The summed E-state index contributed by atoms with van der Waals surface area (Å²) in [5, 5.41) is 11.7. The number of thioether (sulfide) groups is 1. The Kier molecular flexibility index (Phi) is 5.67. The second kappa shape index (κ2) is 6.61. The first-order valence-corrected chi connectivity index (χ1v) is 7.58. The third kappa shape index (κ3) is 4.69. The molecule has 1 unspecified atom stereocenters. The van der Waals surface area contributed by atoms with Crippen molar-refractivity contribution < 1.29 is 14.7 Å². The van der Waals surface area contributed by atoms with Gasteiger partial charge in [-0.2, -0.15) is 0 Å². The predicted octanol–water partition coefficient (Wildman–Crippen LogP) is 1.36. The highest BCUT2D eigenvalue weighted by molar-refractivity contribution is 8.02. The molecule has 0 aromatic rings. The molecule has 1 fully saturated rings. The number of carbonyl (C=O) groups is 2. The van der Waals surface area contributed by atoms with Gasteiger partial charge in [-0.15, -0.1) is 11.8 Å². The van der Waals surface area contributed by atoms with E-state index in [1.54, 1.807) is 20.8 Å². The molecule has 0 radical (unpaired) electrons. The van der Waals surface area contributed by atoms with Gasteiger partial charge < -0.3 is 16.2 Å². The fourth-order valence-corrected chi connectivity index (χ4v) is 3.60. The molecule has 0 spiro atoms. The zero-order valence-electron chi connectivity index (χ0n) is 11.8. The van der Waals surface area contributed by atoms with Gasteiger partial charge in [0.05, 0.1) is 5.25 Å². The molecule has 0 heterocycles. The lowest BCUT2D eigenvalue weighted by molar-refractivity contribution is -0.139. The quantitative estimate of drug-likeness (QED) is 0.686. The number of hydrogen-bond donors (Lipinski definition) is 3. The number of nitrogens with two attached hydrogens (primary N) is 1. The monoisotopic (exact) mass is 288 g/mol. The summed E-state index contributed by atoms with van der Waals surface area (Å²) in [6, 6.07) is -0.703. The molecule has 6 heteroatoms. The third-order valence-corrected chi connectivity index (χ3v) is 5.00. The first-order chi connectivity index (χ1) is 8.74. The fraction of sp³-hybridized carbons (Fsp3) is 0.846. The Morgan fingerprint density at radius 3 is 2.37 bits per heavy atom. The average Bonchev–Trinajstić information content (AvgIpc) is 2.79. The van der Waals surface area contributed by atoms with Crippen molar-refractivity contribution in [2.45, 2.75) is 68.5 Å². The second-order valence-corrected chi connectivity index (χ2v) is 7.66. The maximum Gasteiger partial charge on any atom is 0.321 e. The number of amides is 1. The van der Waals surface area contributed by atoms with Crippen LogP contribution in [0.2, 0.25) is 0 Å². The molecule has 1 amide bonds. The minimum absolute atomic E-state index is 0.0254. The highest BCUT2D eigenvalue weighted by Crippen LogP contribution is 2.31. The fourth-order valence-electron chi connectivity index (χ4n) is 2.27. The molecule has 0 aliphatic heterocycles. The van der Waals surface area contributed by atoms with Crippen molar-refractivity contribution in [3.05, 3.63) is 0 Å². The number of aliphatic carboxylic acids is 1. The molecular weight excluding hydrogens is 264 g/mol. The van der Waals surface area contributed by atoms with Crippen LogP contribution in [0.25, 0.3) is 0 Å². The largest absolute Gasteiger partial charge is 0.480 e. The van der Waals surface area contributed by atoms with Gasteiger partial charge in [0, 0.05) is 10.8 Å². The van der Waals surface area contributed by atoms with E-state index in [1.165, 1.54) is 24.6 Å². The summed E-state index contributed by atoms with van der Waals surface area (Å²) >= 11 is 1.31. The number of carbonyl (C=O) groups excluding carboxylic acids is 1. The van der Waals surface area contributed by atoms with Crippen LogP contribution in [0, 0.1) is 0 Å². The van der Waals surface area contributed by atoms with Gasteiger partial charge in [-0.3, -0.25) is 9.59 Å². The summed E-state index contributed by atoms with van der Waals surface area (Å²) in [5.74, 6) is -1.07. The van der Waals surface area contributed by atoms with Gasteiger partial charge in [-0.1, -0.05) is 12.8 Å². The van der Waals surface area contributed by atoms with Crippen molar-refractivity contribution in [2.24, 2.45) is 5.73 Å². The van der Waals surface area contributed by atoms with E-state index >= 15 is 0 Å². The van der Waals surface area contributed by atoms with Gasteiger partial charge in [0.15, 0.2) is 0 Å². The molecule has 19 heavy (non-hydrogen) atoms. The van der Waals surface area contributed by atoms with E-state index in [2.05, 4.69) is 5.32 Å². The Hall–Kier alpha value is -0.750. The predicted molar refractivity (Wildman–Crippen MR) is 77.1 cm³/mol. The topological polar surface area (TPSA) is 92.4 Å². The van der Waals surface area contributed by atoms with Crippen molar-refractivity contribution >= 4 is 23.6 Å². The summed E-state index contributed by atoms with van der Waals surface area (Å²) < 4.78 is -0.682. The van der Waals surface area contributed by atoms with Crippen LogP contribution in [0.15, 0.2) is 0 Å². The minimum atomic E-state index is -1.04. The lowest BCUT2D eigenvalue weighted by Crippen LogP contribution is -2.49. The van der Waals surface area contributed by atoms with Crippen LogP contribution >= 0.6 is 11.8 Å². The van der Waals surface area contributed by atoms with Gasteiger partial charge in [-0.25, -0.2) is 0 Å². The molecule has 1 aliphatic carbocycles. The number of carboxylic acids is 1. The molecule has 0 bridgehead atoms. The lowest BCUT2D eigenvalue weighted by Gasteiger charge is -2.30. The summed E-state index contributed by atoms with van der Waals surface area (Å²) in [6.45, 7) is 5.32. The van der Waals surface area contributed by atoms with Crippen molar-refractivity contribution in [2.75, 3.05) is 0 Å². The molecule has 110 valence electrons. The third-order valence-electron chi connectivity index (χ3n) is 3.57. The minimum Gasteiger partial charge on any atom is -0.480 e. The molecular formula is C13H24N2O3S. The molecule has 4 N–H and O–H groups in total. The maximum atomic E-state index is 12.0. The molecule has 0 aromatic carbocycles. The van der Waals surface area contributed by atoms with E-state index < -0.39 is 16.8 Å². The smallest absolute Gasteiger partial charge is 0.321 e. The van der Waals surface area contributed by atoms with E-state index in [0.717, 1.165) is 12.8 Å². The molecule has 1 aliphatic rings. The van der Waals surface area contributed by atoms with Crippen molar-refractivity contribution in [3.63, 3.8) is 0 Å². The molecule has 0 aromatic heterocycles. The van der Waals surface area contributed by atoms with Crippen LogP contribution in [-0.2, 0) is 9.59 Å². The van der Waals surface area contributed by atoms with Crippen molar-refractivity contribution in [3.8, 4) is 0 Å². The van der Waals surface area contributed by atoms with Crippen LogP contribution in [0.1, 0.15) is 46.5 Å². The van der Waals surface area contributed by atoms with E-state index in [1.807, 2.05) is 0 Å². The summed E-state index contributed by atoms with van der Waals surface area (Å²) in [4.78, 5) is 23.0. The van der Waals surface area contributed by atoms with Crippen LogP contribution in [0.3, 0.4) is 0 Å². The standard InChI is InChI=1S/C13H24N2O3S/c1-8(11(16)15-9-6-4-5-7-9)19-13(2,3)10(14)12(17)18/h8-10H,4-7,14H2,1-3H3,(H,15,16)(H,17,18)/t8?,10-/m0/s1. The van der Waals surface area contributed by atoms with Gasteiger partial charge in [0.1, 0.15) is 6.04 Å². The van der Waals surface area contributed by atoms with Gasteiger partial charge in [0.25, 0.3) is 0 Å².